The van der Waals surface area contributed by atoms with Crippen molar-refractivity contribution >= 4 is 40.2 Å². The molecule has 0 N–H and O–H groups in total. The smallest absolute Gasteiger partial charge is 0.247 e. The Morgan fingerprint density at radius 3 is 1.13 bits per heavy atom. The molecule has 0 amide bonds. The van der Waals surface area contributed by atoms with Crippen LogP contribution in [0.3, 0.4) is 0 Å². The largest absolute Gasteiger partial charge is 0.310 e. The summed E-state index contributed by atoms with van der Waals surface area (Å²) in [5.41, 5.74) is 31.2. The number of rotatable bonds is 5. The summed E-state index contributed by atoms with van der Waals surface area (Å²) in [6.45, 7) is 35.4. The van der Waals surface area contributed by atoms with Crippen LogP contribution in [0.1, 0.15) is 154 Å². The second-order valence-electron chi connectivity index (χ2n) is 29.4. The predicted molar refractivity (Wildman–Crippen MR) is 358 cm³/mol. The van der Waals surface area contributed by atoms with E-state index < -0.39 is 5.41 Å². The predicted octanol–water partition coefficient (Wildman–Crippen LogP) is 19.8. The molecule has 0 atom stereocenters. The quantitative estimate of drug-likeness (QED) is 0.155. The summed E-state index contributed by atoms with van der Waals surface area (Å²) in [5, 5.41) is 0. The minimum absolute atomic E-state index is 0.0358. The lowest BCUT2D eigenvalue weighted by molar-refractivity contribution is 0.568. The number of para-hydroxylation sites is 1. The first-order valence-corrected chi connectivity index (χ1v) is 30.4. The normalized spacial score (nSPS) is 14.3. The van der Waals surface area contributed by atoms with E-state index in [1.807, 2.05) is 0 Å². The average molecular weight is 1080 g/mol. The van der Waals surface area contributed by atoms with Crippen molar-refractivity contribution in [1.29, 1.82) is 0 Å². The van der Waals surface area contributed by atoms with Gasteiger partial charge in [0.15, 0.2) is 0 Å². The molecule has 0 radical (unpaired) electrons. The summed E-state index contributed by atoms with van der Waals surface area (Å²) in [7, 11) is 0. The van der Waals surface area contributed by atoms with Gasteiger partial charge in [0, 0.05) is 22.5 Å². The highest BCUT2D eigenvalue weighted by Crippen LogP contribution is 2.59. The first kappa shape index (κ1) is 54.3. The van der Waals surface area contributed by atoms with E-state index in [-0.39, 0.29) is 33.8 Å². The molecule has 1 nitrogen and oxygen atoms in total. The summed E-state index contributed by atoms with van der Waals surface area (Å²) < 4.78 is 0. The first-order chi connectivity index (χ1) is 39.3. The van der Waals surface area contributed by atoms with Crippen molar-refractivity contribution in [2.45, 2.75) is 136 Å². The third-order valence-corrected chi connectivity index (χ3v) is 18.7. The van der Waals surface area contributed by atoms with Crippen molar-refractivity contribution in [2.75, 3.05) is 4.90 Å². The van der Waals surface area contributed by atoms with E-state index in [1.54, 1.807) is 0 Å². The fourth-order valence-electron chi connectivity index (χ4n) is 14.0. The molecule has 1 aliphatic carbocycles. The Labute approximate surface area is 496 Å². The van der Waals surface area contributed by atoms with Crippen molar-refractivity contribution < 1.29 is 0 Å². The zero-order valence-corrected chi connectivity index (χ0v) is 51.7. The standard InChI is InChI=1S/C81H80BN/c1-76(2,3)57-41-55(42-58(47-57)77(4,5)6)53-37-39-70-68(45-53)81(66-35-24-22-31-64(66)65-32-23-25-36-67(65)81)69-49-61(80(13,14)15)50-73-74(69)82(70)71-40-38-54(56-43-59(78(7,8)9)48-60(44-56)79(10,11)12)46-72(71)83(73)75-62(51-27-18-16-19-28-51)33-26-34-63(75)52-29-20-17-21-30-52/h16-50H,1-15H3. The van der Waals surface area contributed by atoms with Crippen molar-refractivity contribution in [3.8, 4) is 55.6 Å². The van der Waals surface area contributed by atoms with Gasteiger partial charge < -0.3 is 4.90 Å². The van der Waals surface area contributed by atoms with Crippen LogP contribution in [0.15, 0.2) is 212 Å². The molecule has 0 fully saturated rings. The molecule has 10 aromatic carbocycles. The highest BCUT2D eigenvalue weighted by atomic mass is 15.2. The van der Waals surface area contributed by atoms with E-state index in [0.717, 1.165) is 0 Å². The highest BCUT2D eigenvalue weighted by Gasteiger charge is 2.55. The fraction of sp³-hybridized carbons (Fsp3) is 0.259. The maximum atomic E-state index is 2.73. The van der Waals surface area contributed by atoms with Crippen LogP contribution in [0.25, 0.3) is 55.6 Å². The van der Waals surface area contributed by atoms with E-state index in [2.05, 4.69) is 321 Å². The topological polar surface area (TPSA) is 3.24 Å². The number of hydrogen-bond donors (Lipinski definition) is 0. The van der Waals surface area contributed by atoms with Gasteiger partial charge in [-0.2, -0.15) is 0 Å². The van der Waals surface area contributed by atoms with Crippen LogP contribution >= 0.6 is 0 Å². The van der Waals surface area contributed by atoms with Gasteiger partial charge in [0.1, 0.15) is 0 Å². The van der Waals surface area contributed by atoms with Gasteiger partial charge in [-0.25, -0.2) is 0 Å². The lowest BCUT2D eigenvalue weighted by atomic mass is 9.29. The van der Waals surface area contributed by atoms with Gasteiger partial charge in [0.25, 0.3) is 0 Å². The number of nitrogens with zero attached hydrogens (tertiary/aromatic N) is 1. The molecule has 2 heterocycles. The van der Waals surface area contributed by atoms with Gasteiger partial charge in [-0.05, 0) is 145 Å². The first-order valence-electron chi connectivity index (χ1n) is 30.4. The second-order valence-corrected chi connectivity index (χ2v) is 29.4. The van der Waals surface area contributed by atoms with Gasteiger partial charge in [0.2, 0.25) is 6.71 Å². The van der Waals surface area contributed by atoms with Crippen LogP contribution in [0.4, 0.5) is 17.1 Å². The lowest BCUT2D eigenvalue weighted by Gasteiger charge is -2.49. The molecule has 13 rings (SSSR count). The number of fused-ring (bicyclic) bond motifs is 11. The van der Waals surface area contributed by atoms with Crippen LogP contribution in [-0.2, 0) is 32.5 Å². The van der Waals surface area contributed by atoms with Crippen LogP contribution < -0.4 is 21.3 Å². The van der Waals surface area contributed by atoms with Gasteiger partial charge in [-0.3, -0.25) is 0 Å². The van der Waals surface area contributed by atoms with E-state index in [1.165, 1.54) is 139 Å². The summed E-state index contributed by atoms with van der Waals surface area (Å²) in [4.78, 5) is 2.73. The Kier molecular flexibility index (Phi) is 12.5. The summed E-state index contributed by atoms with van der Waals surface area (Å²) in [6.07, 6.45) is 0. The molecule has 10 aromatic rings. The molecule has 83 heavy (non-hydrogen) atoms. The maximum absolute atomic E-state index is 2.73. The van der Waals surface area contributed by atoms with Gasteiger partial charge >= 0.3 is 0 Å². The second kappa shape index (κ2) is 19.1. The van der Waals surface area contributed by atoms with E-state index >= 15 is 0 Å². The summed E-state index contributed by atoms with van der Waals surface area (Å²) >= 11 is 0. The minimum Gasteiger partial charge on any atom is -0.310 e. The number of benzene rings is 10. The molecule has 0 bridgehead atoms. The lowest BCUT2D eigenvalue weighted by Crippen LogP contribution is -2.65. The molecule has 0 saturated heterocycles. The Balaban J connectivity index is 1.21. The Morgan fingerprint density at radius 2 is 0.675 bits per heavy atom. The molecule has 0 aromatic heterocycles. The molecule has 412 valence electrons. The Morgan fingerprint density at radius 1 is 0.277 bits per heavy atom. The molecular weight excluding hydrogens is 998 g/mol. The van der Waals surface area contributed by atoms with Crippen molar-refractivity contribution in [2.24, 2.45) is 0 Å². The summed E-state index contributed by atoms with van der Waals surface area (Å²) in [6, 6.07) is 83.2. The van der Waals surface area contributed by atoms with Crippen LogP contribution in [0.2, 0.25) is 0 Å². The van der Waals surface area contributed by atoms with Gasteiger partial charge in [0.05, 0.1) is 11.1 Å². The van der Waals surface area contributed by atoms with Crippen molar-refractivity contribution in [3.63, 3.8) is 0 Å². The fourth-order valence-corrected chi connectivity index (χ4v) is 14.0. The maximum Gasteiger partial charge on any atom is 0.247 e. The zero-order valence-electron chi connectivity index (χ0n) is 51.7. The van der Waals surface area contributed by atoms with Crippen LogP contribution in [-0.4, -0.2) is 6.71 Å². The average Bonchev–Trinajstić information content (AvgIpc) is 1.70. The Hall–Kier alpha value is -7.94. The summed E-state index contributed by atoms with van der Waals surface area (Å²) in [5.74, 6) is 0. The molecule has 2 heteroatoms. The van der Waals surface area contributed by atoms with E-state index in [4.69, 9.17) is 0 Å². The number of hydrogen-bond acceptors (Lipinski definition) is 1. The van der Waals surface area contributed by atoms with E-state index in [9.17, 15) is 0 Å². The molecule has 0 unspecified atom stereocenters. The van der Waals surface area contributed by atoms with Crippen LogP contribution in [0, 0.1) is 0 Å². The molecule has 0 saturated carbocycles. The number of anilines is 3. The van der Waals surface area contributed by atoms with Crippen molar-refractivity contribution in [1.82, 2.24) is 0 Å². The monoisotopic (exact) mass is 1080 g/mol. The third-order valence-electron chi connectivity index (χ3n) is 18.7. The molecule has 3 aliphatic rings. The van der Waals surface area contributed by atoms with Gasteiger partial charge in [-0.1, -0.05) is 310 Å². The highest BCUT2D eigenvalue weighted by molar-refractivity contribution is 6.99. The SMILES string of the molecule is CC(C)(C)c1cc(-c2ccc3c(c2)N(c2c(-c4ccccc4)cccc2-c2ccccc2)c2cc(C(C)(C)C)cc4c2B3c2ccc(-c3cc(C(C)(C)C)cc(C(C)(C)C)c3)cc2C42c3ccccc3-c3ccccc32)cc(C(C)(C)C)c1. The minimum atomic E-state index is -0.657. The van der Waals surface area contributed by atoms with Gasteiger partial charge in [-0.15, -0.1) is 0 Å². The van der Waals surface area contributed by atoms with Crippen molar-refractivity contribution in [3.05, 3.63) is 262 Å². The Bertz CT molecular complexity index is 4050. The molecular formula is C81H80BN. The zero-order chi connectivity index (χ0) is 58.3. The van der Waals surface area contributed by atoms with E-state index in [0.29, 0.717) is 0 Å². The molecule has 1 spiro atoms. The molecule has 2 aliphatic heterocycles. The van der Waals surface area contributed by atoms with Crippen LogP contribution in [0.5, 0.6) is 0 Å². The third kappa shape index (κ3) is 8.89.